The molecule has 0 fully saturated rings. The summed E-state index contributed by atoms with van der Waals surface area (Å²) >= 11 is 0. The Morgan fingerprint density at radius 2 is 1.86 bits per heavy atom. The van der Waals surface area contributed by atoms with Crippen molar-refractivity contribution in [2.75, 3.05) is 0 Å². The van der Waals surface area contributed by atoms with Gasteiger partial charge < -0.3 is 0 Å². The van der Waals surface area contributed by atoms with Crippen LogP contribution in [0.25, 0.3) is 11.4 Å². The molecule has 0 saturated heterocycles. The van der Waals surface area contributed by atoms with Crippen molar-refractivity contribution in [1.82, 2.24) is 30.0 Å². The quantitative estimate of drug-likeness (QED) is 0.290. The summed E-state index contributed by atoms with van der Waals surface area (Å²) in [4.78, 5) is 22.8. The minimum atomic E-state index is -0.866. The molecule has 0 atom stereocenters. The summed E-state index contributed by atoms with van der Waals surface area (Å²) in [7, 11) is 0. The molecule has 2 aromatic carbocycles. The molecule has 0 bridgehead atoms. The fraction of sp³-hybridized carbons (Fsp3) is 0.0556. The molecule has 0 spiro atoms. The zero-order valence-electron chi connectivity index (χ0n) is 14.9. The summed E-state index contributed by atoms with van der Waals surface area (Å²) in [5.74, 6) is -1.40. The fourth-order valence-corrected chi connectivity index (χ4v) is 2.76. The number of halogens is 1. The normalized spacial score (nSPS) is 10.8. The lowest BCUT2D eigenvalue weighted by atomic mass is 10.2. The van der Waals surface area contributed by atoms with Crippen LogP contribution in [0.2, 0.25) is 0 Å². The summed E-state index contributed by atoms with van der Waals surface area (Å²) in [6, 6.07) is 12.3. The topological polar surface area (TPSA) is 122 Å². The highest BCUT2D eigenvalue weighted by atomic mass is 19.1. The fourth-order valence-electron chi connectivity index (χ4n) is 2.76. The molecular formula is C18H12FN7O3. The first-order valence-corrected chi connectivity index (χ1v) is 8.35. The third-order valence-corrected chi connectivity index (χ3v) is 4.23. The number of ketones is 1. The van der Waals surface area contributed by atoms with Crippen molar-refractivity contribution in [3.63, 3.8) is 0 Å². The predicted molar refractivity (Wildman–Crippen MR) is 97.5 cm³/mol. The smallest absolute Gasteiger partial charge is 0.272 e. The second-order valence-corrected chi connectivity index (χ2v) is 6.04. The van der Waals surface area contributed by atoms with Gasteiger partial charge in [0.2, 0.25) is 5.78 Å². The first-order valence-electron chi connectivity index (χ1n) is 8.35. The summed E-state index contributed by atoms with van der Waals surface area (Å²) in [5.41, 5.74) is 0.809. The zero-order valence-corrected chi connectivity index (χ0v) is 14.9. The van der Waals surface area contributed by atoms with Crippen LogP contribution < -0.4 is 0 Å². The standard InChI is InChI=1S/C18H12FN7O3/c1-11-17(21-23-25(11)12-5-3-2-4-6-12)18(27)15-10-24(22-20-15)16-8-7-13(26(28)29)9-14(16)19/h2-10H,1H3. The van der Waals surface area contributed by atoms with Gasteiger partial charge in [0.25, 0.3) is 5.69 Å². The van der Waals surface area contributed by atoms with Gasteiger partial charge in [-0.2, -0.15) is 0 Å². The van der Waals surface area contributed by atoms with E-state index in [1.54, 1.807) is 6.92 Å². The largest absolute Gasteiger partial charge is 0.285 e. The first-order chi connectivity index (χ1) is 14.0. The van der Waals surface area contributed by atoms with Gasteiger partial charge in [-0.05, 0) is 25.1 Å². The molecule has 29 heavy (non-hydrogen) atoms. The summed E-state index contributed by atoms with van der Waals surface area (Å²) in [6.45, 7) is 1.70. The van der Waals surface area contributed by atoms with Crippen molar-refractivity contribution in [3.8, 4) is 11.4 Å². The van der Waals surface area contributed by atoms with Crippen molar-refractivity contribution >= 4 is 11.5 Å². The summed E-state index contributed by atoms with van der Waals surface area (Å²) < 4.78 is 16.7. The molecule has 4 rings (SSSR count). The number of rotatable bonds is 5. The third-order valence-electron chi connectivity index (χ3n) is 4.23. The average Bonchev–Trinajstić information content (AvgIpc) is 3.35. The minimum absolute atomic E-state index is 0.0639. The van der Waals surface area contributed by atoms with Crippen LogP contribution in [-0.2, 0) is 0 Å². The summed E-state index contributed by atoms with van der Waals surface area (Å²) in [5, 5.41) is 26.2. The summed E-state index contributed by atoms with van der Waals surface area (Å²) in [6.07, 6.45) is 1.23. The number of hydrogen-bond donors (Lipinski definition) is 0. The van der Waals surface area contributed by atoms with Gasteiger partial charge in [-0.25, -0.2) is 13.8 Å². The number of aromatic nitrogens is 6. The van der Waals surface area contributed by atoms with Gasteiger partial charge in [0, 0.05) is 6.07 Å². The zero-order chi connectivity index (χ0) is 20.5. The number of benzene rings is 2. The minimum Gasteiger partial charge on any atom is -0.285 e. The van der Waals surface area contributed by atoms with Gasteiger partial charge in [0.15, 0.2) is 17.2 Å². The van der Waals surface area contributed by atoms with Crippen LogP contribution in [0.4, 0.5) is 10.1 Å². The highest BCUT2D eigenvalue weighted by Gasteiger charge is 2.22. The van der Waals surface area contributed by atoms with E-state index in [-0.39, 0.29) is 17.1 Å². The molecule has 4 aromatic rings. The maximum atomic E-state index is 14.2. The molecular weight excluding hydrogens is 381 g/mol. The molecule has 0 aliphatic carbocycles. The Hall–Kier alpha value is -4.28. The van der Waals surface area contributed by atoms with Gasteiger partial charge in [-0.15, -0.1) is 10.2 Å². The highest BCUT2D eigenvalue weighted by molar-refractivity contribution is 6.06. The number of carbonyl (C=O) groups is 1. The number of non-ortho nitro benzene ring substituents is 1. The van der Waals surface area contributed by atoms with E-state index < -0.39 is 22.2 Å². The van der Waals surface area contributed by atoms with Gasteiger partial charge in [0.1, 0.15) is 5.69 Å². The highest BCUT2D eigenvalue weighted by Crippen LogP contribution is 2.20. The van der Waals surface area contributed by atoms with Crippen LogP contribution in [0.3, 0.4) is 0 Å². The number of nitrogens with zero attached hydrogens (tertiary/aromatic N) is 7. The number of carbonyl (C=O) groups excluding carboxylic acids is 1. The SMILES string of the molecule is Cc1c(C(=O)c2cn(-c3ccc([N+](=O)[O-])cc3F)nn2)nnn1-c1ccccc1. The Morgan fingerprint density at radius 3 is 2.55 bits per heavy atom. The number of nitro groups is 1. The lowest BCUT2D eigenvalue weighted by Gasteiger charge is -2.02. The molecule has 0 saturated carbocycles. The number of para-hydroxylation sites is 1. The van der Waals surface area contributed by atoms with Crippen LogP contribution in [0.1, 0.15) is 21.9 Å². The maximum absolute atomic E-state index is 14.2. The third kappa shape index (κ3) is 3.25. The van der Waals surface area contributed by atoms with Crippen molar-refractivity contribution in [1.29, 1.82) is 0 Å². The van der Waals surface area contributed by atoms with Crippen molar-refractivity contribution in [3.05, 3.63) is 87.7 Å². The Labute approximate surface area is 162 Å². The number of hydrogen-bond acceptors (Lipinski definition) is 7. The monoisotopic (exact) mass is 393 g/mol. The van der Waals surface area contributed by atoms with Crippen molar-refractivity contribution in [2.45, 2.75) is 6.92 Å². The second-order valence-electron chi connectivity index (χ2n) is 6.04. The lowest BCUT2D eigenvalue weighted by molar-refractivity contribution is -0.385. The van der Waals surface area contributed by atoms with E-state index in [2.05, 4.69) is 20.6 Å². The molecule has 0 unspecified atom stereocenters. The molecule has 11 heteroatoms. The number of nitro benzene ring substituents is 1. The maximum Gasteiger partial charge on any atom is 0.272 e. The Morgan fingerprint density at radius 1 is 1.10 bits per heavy atom. The molecule has 2 aromatic heterocycles. The van der Waals surface area contributed by atoms with Crippen molar-refractivity contribution in [2.24, 2.45) is 0 Å². The van der Waals surface area contributed by atoms with Crippen LogP contribution in [-0.4, -0.2) is 40.7 Å². The molecule has 0 radical (unpaired) electrons. The Balaban J connectivity index is 1.65. The molecule has 0 aliphatic heterocycles. The van der Waals surface area contributed by atoms with Gasteiger partial charge in [0.05, 0.1) is 28.6 Å². The Bertz CT molecular complexity index is 1230. The van der Waals surface area contributed by atoms with Crippen LogP contribution in [0.15, 0.2) is 54.7 Å². The second kappa shape index (κ2) is 7.03. The molecule has 0 aliphatic rings. The van der Waals surface area contributed by atoms with Crippen molar-refractivity contribution < 1.29 is 14.1 Å². The van der Waals surface area contributed by atoms with Gasteiger partial charge in [-0.3, -0.25) is 14.9 Å². The molecule has 0 amide bonds. The van der Waals surface area contributed by atoms with E-state index in [0.29, 0.717) is 5.69 Å². The van der Waals surface area contributed by atoms with E-state index in [9.17, 15) is 19.3 Å². The molecule has 10 nitrogen and oxygen atoms in total. The predicted octanol–water partition coefficient (Wildman–Crippen LogP) is 2.43. The van der Waals surface area contributed by atoms with E-state index in [1.165, 1.54) is 16.9 Å². The van der Waals surface area contributed by atoms with Crippen LogP contribution in [0.5, 0.6) is 0 Å². The van der Waals surface area contributed by atoms with E-state index >= 15 is 0 Å². The van der Waals surface area contributed by atoms with Gasteiger partial charge in [-0.1, -0.05) is 28.6 Å². The lowest BCUT2D eigenvalue weighted by Crippen LogP contribution is -2.06. The molecule has 0 N–H and O–H groups in total. The van der Waals surface area contributed by atoms with E-state index in [1.807, 2.05) is 30.3 Å². The van der Waals surface area contributed by atoms with Crippen LogP contribution in [0, 0.1) is 22.9 Å². The first kappa shape index (κ1) is 18.1. The van der Waals surface area contributed by atoms with E-state index in [0.717, 1.165) is 22.5 Å². The van der Waals surface area contributed by atoms with E-state index in [4.69, 9.17) is 0 Å². The Kier molecular flexibility index (Phi) is 4.39. The van der Waals surface area contributed by atoms with Gasteiger partial charge >= 0.3 is 0 Å². The van der Waals surface area contributed by atoms with Crippen LogP contribution >= 0.6 is 0 Å². The molecule has 2 heterocycles. The average molecular weight is 393 g/mol. The molecule has 144 valence electrons.